The molecule has 4 nitrogen and oxygen atoms in total. The van der Waals surface area contributed by atoms with Crippen molar-refractivity contribution in [3.63, 3.8) is 0 Å². The summed E-state index contributed by atoms with van der Waals surface area (Å²) in [4.78, 5) is 15.7. The van der Waals surface area contributed by atoms with Gasteiger partial charge in [-0.25, -0.2) is 15.0 Å². The Balaban J connectivity index is 1.20. The van der Waals surface area contributed by atoms with Gasteiger partial charge in [0.05, 0.1) is 11.0 Å². The Morgan fingerprint density at radius 1 is 0.281 bits per heavy atom. The van der Waals surface area contributed by atoms with Gasteiger partial charge in [-0.15, -0.1) is 0 Å². The van der Waals surface area contributed by atoms with Gasteiger partial charge >= 0.3 is 0 Å². The molecule has 2 aromatic heterocycles. The standard InChI is InChI=1S/C53H34N4/c1-3-16-35(17-4-1)37-21-15-22-39(30-37)52-54-51(36-18-5-2-6-19-36)55-53(56-52)41-31-40(48-34-38-20-7-8-23-43(38)44-24-9-10-25-45(44)48)32-42(33-41)57-49-28-13-11-26-46(49)47-27-12-14-29-50(47)57/h1-34H. The number of fused-ring (bicyclic) bond motifs is 6. The molecular formula is C53H34N4. The second-order valence-electron chi connectivity index (χ2n) is 14.4. The molecule has 0 aliphatic carbocycles. The van der Waals surface area contributed by atoms with E-state index in [2.05, 4.69) is 187 Å². The summed E-state index contributed by atoms with van der Waals surface area (Å²) in [6, 6.07) is 72.9. The predicted octanol–water partition coefficient (Wildman–Crippen LogP) is 13.6. The molecule has 0 aliphatic heterocycles. The smallest absolute Gasteiger partial charge is 0.164 e. The summed E-state index contributed by atoms with van der Waals surface area (Å²) in [7, 11) is 0. The highest BCUT2D eigenvalue weighted by Crippen LogP contribution is 2.40. The van der Waals surface area contributed by atoms with Crippen molar-refractivity contribution in [2.24, 2.45) is 0 Å². The van der Waals surface area contributed by atoms with Gasteiger partial charge in [0.15, 0.2) is 17.5 Å². The van der Waals surface area contributed by atoms with Crippen LogP contribution in [0.3, 0.4) is 0 Å². The van der Waals surface area contributed by atoms with Gasteiger partial charge in [0, 0.05) is 33.2 Å². The van der Waals surface area contributed by atoms with Crippen LogP contribution < -0.4 is 0 Å². The van der Waals surface area contributed by atoms with Gasteiger partial charge in [-0.2, -0.15) is 0 Å². The maximum atomic E-state index is 5.30. The minimum absolute atomic E-state index is 0.609. The summed E-state index contributed by atoms with van der Waals surface area (Å²) in [5, 5.41) is 7.28. The van der Waals surface area contributed by atoms with E-state index in [1.54, 1.807) is 0 Å². The van der Waals surface area contributed by atoms with Crippen molar-refractivity contribution < 1.29 is 0 Å². The molecule has 0 aliphatic rings. The molecule has 57 heavy (non-hydrogen) atoms. The van der Waals surface area contributed by atoms with Crippen LogP contribution in [0.2, 0.25) is 0 Å². The highest BCUT2D eigenvalue weighted by molar-refractivity contribution is 6.14. The Morgan fingerprint density at radius 3 is 1.46 bits per heavy atom. The molecule has 0 saturated carbocycles. The Bertz CT molecular complexity index is 3240. The molecule has 0 fully saturated rings. The van der Waals surface area contributed by atoms with E-state index >= 15 is 0 Å². The molecule has 4 heteroatoms. The quantitative estimate of drug-likeness (QED) is 0.160. The average molecular weight is 727 g/mol. The van der Waals surface area contributed by atoms with Crippen molar-refractivity contribution in [1.82, 2.24) is 19.5 Å². The molecule has 0 saturated heterocycles. The van der Waals surface area contributed by atoms with Crippen LogP contribution >= 0.6 is 0 Å². The predicted molar refractivity (Wildman–Crippen MR) is 236 cm³/mol. The first-order valence-corrected chi connectivity index (χ1v) is 19.3. The van der Waals surface area contributed by atoms with Crippen LogP contribution in [0.1, 0.15) is 0 Å². The normalized spacial score (nSPS) is 11.5. The Hall–Kier alpha value is -7.69. The lowest BCUT2D eigenvalue weighted by Crippen LogP contribution is -2.02. The molecule has 0 amide bonds. The fraction of sp³-hybridized carbons (Fsp3) is 0. The Kier molecular flexibility index (Phi) is 7.78. The van der Waals surface area contributed by atoms with Crippen LogP contribution in [-0.4, -0.2) is 19.5 Å². The third-order valence-corrected chi connectivity index (χ3v) is 11.0. The summed E-state index contributed by atoms with van der Waals surface area (Å²) in [5.74, 6) is 1.86. The molecule has 0 radical (unpaired) electrons. The van der Waals surface area contributed by atoms with Crippen molar-refractivity contribution in [2.75, 3.05) is 0 Å². The number of hydrogen-bond donors (Lipinski definition) is 0. The van der Waals surface area contributed by atoms with E-state index in [0.29, 0.717) is 17.5 Å². The first-order valence-electron chi connectivity index (χ1n) is 19.3. The maximum Gasteiger partial charge on any atom is 0.164 e. The van der Waals surface area contributed by atoms with Crippen molar-refractivity contribution in [1.29, 1.82) is 0 Å². The van der Waals surface area contributed by atoms with Crippen LogP contribution in [0, 0.1) is 0 Å². The number of nitrogens with zero attached hydrogens (tertiary/aromatic N) is 4. The monoisotopic (exact) mass is 726 g/mol. The minimum Gasteiger partial charge on any atom is -0.309 e. The van der Waals surface area contributed by atoms with E-state index in [9.17, 15) is 0 Å². The van der Waals surface area contributed by atoms with Gasteiger partial charge in [-0.3, -0.25) is 0 Å². The van der Waals surface area contributed by atoms with Gasteiger partial charge in [0.1, 0.15) is 0 Å². The van der Waals surface area contributed by atoms with E-state index in [1.807, 2.05) is 24.3 Å². The largest absolute Gasteiger partial charge is 0.309 e. The minimum atomic E-state index is 0.609. The van der Waals surface area contributed by atoms with Crippen molar-refractivity contribution in [3.05, 3.63) is 206 Å². The summed E-state index contributed by atoms with van der Waals surface area (Å²) < 4.78 is 2.38. The van der Waals surface area contributed by atoms with Crippen molar-refractivity contribution in [3.8, 4) is 62.1 Å². The van der Waals surface area contributed by atoms with Gasteiger partial charge in [0.25, 0.3) is 0 Å². The van der Waals surface area contributed by atoms with Gasteiger partial charge in [0.2, 0.25) is 0 Å². The molecule has 11 aromatic rings. The highest BCUT2D eigenvalue weighted by Gasteiger charge is 2.19. The number of hydrogen-bond acceptors (Lipinski definition) is 3. The first kappa shape index (κ1) is 32.7. The SMILES string of the molecule is c1ccc(-c2cccc(-c3nc(-c4ccccc4)nc(-c4cc(-c5cc6ccccc6c6ccccc56)cc(-n5c6ccccc6c6ccccc65)c4)n3)c2)cc1. The summed E-state index contributed by atoms with van der Waals surface area (Å²) in [6.45, 7) is 0. The van der Waals surface area contributed by atoms with Crippen molar-refractivity contribution in [2.45, 2.75) is 0 Å². The topological polar surface area (TPSA) is 43.6 Å². The molecule has 0 N–H and O–H groups in total. The van der Waals surface area contributed by atoms with Crippen molar-refractivity contribution >= 4 is 43.4 Å². The van der Waals surface area contributed by atoms with Gasteiger partial charge in [-0.1, -0.05) is 164 Å². The average Bonchev–Trinajstić information content (AvgIpc) is 3.63. The molecule has 266 valence electrons. The zero-order valence-electron chi connectivity index (χ0n) is 30.9. The van der Waals surface area contributed by atoms with Gasteiger partial charge < -0.3 is 4.57 Å². The van der Waals surface area contributed by atoms with Gasteiger partial charge in [-0.05, 0) is 86.3 Å². The molecule has 0 atom stereocenters. The number of rotatable bonds is 6. The summed E-state index contributed by atoms with van der Waals surface area (Å²) in [6.07, 6.45) is 0. The second-order valence-corrected chi connectivity index (χ2v) is 14.4. The van der Waals surface area contributed by atoms with E-state index in [1.165, 1.54) is 32.3 Å². The van der Waals surface area contributed by atoms with Crippen LogP contribution in [0.4, 0.5) is 0 Å². The summed E-state index contributed by atoms with van der Waals surface area (Å²) >= 11 is 0. The van der Waals surface area contributed by atoms with Crippen LogP contribution in [0.25, 0.3) is 105 Å². The number of benzene rings is 9. The fourth-order valence-electron chi connectivity index (χ4n) is 8.34. The maximum absolute atomic E-state index is 5.30. The van der Waals surface area contributed by atoms with E-state index in [4.69, 9.17) is 15.0 Å². The third kappa shape index (κ3) is 5.74. The van der Waals surface area contributed by atoms with Crippen LogP contribution in [-0.2, 0) is 0 Å². The molecule has 0 bridgehead atoms. The lowest BCUT2D eigenvalue weighted by molar-refractivity contribution is 1.07. The second kappa shape index (κ2) is 13.6. The summed E-state index contributed by atoms with van der Waals surface area (Å²) in [5.41, 5.74) is 10.6. The van der Waals surface area contributed by atoms with E-state index in [-0.39, 0.29) is 0 Å². The molecule has 0 spiro atoms. The van der Waals surface area contributed by atoms with Crippen LogP contribution in [0.5, 0.6) is 0 Å². The lowest BCUT2D eigenvalue weighted by Gasteiger charge is -2.16. The zero-order valence-corrected chi connectivity index (χ0v) is 30.9. The lowest BCUT2D eigenvalue weighted by atomic mass is 9.92. The van der Waals surface area contributed by atoms with Crippen LogP contribution in [0.15, 0.2) is 206 Å². The Morgan fingerprint density at radius 2 is 0.754 bits per heavy atom. The number of aromatic nitrogens is 4. The molecule has 2 heterocycles. The molecular weight excluding hydrogens is 693 g/mol. The molecule has 9 aromatic carbocycles. The molecule has 11 rings (SSSR count). The zero-order chi connectivity index (χ0) is 37.7. The third-order valence-electron chi connectivity index (χ3n) is 11.0. The molecule has 0 unspecified atom stereocenters. The number of para-hydroxylation sites is 2. The first-order chi connectivity index (χ1) is 28.2. The van der Waals surface area contributed by atoms with E-state index in [0.717, 1.165) is 55.7 Å². The van der Waals surface area contributed by atoms with E-state index < -0.39 is 0 Å². The fourth-order valence-corrected chi connectivity index (χ4v) is 8.34. The highest BCUT2D eigenvalue weighted by atomic mass is 15.0. The Labute approximate surface area is 330 Å².